The average molecular weight is 417 g/mol. The zero-order valence-corrected chi connectivity index (χ0v) is 17.3. The van der Waals surface area contributed by atoms with Crippen molar-refractivity contribution in [2.75, 3.05) is 5.32 Å². The third-order valence-electron chi connectivity index (χ3n) is 4.51. The molecule has 0 radical (unpaired) electrons. The van der Waals surface area contributed by atoms with Crippen LogP contribution in [0.1, 0.15) is 23.6 Å². The number of hydrogen-bond donors (Lipinski definition) is 1. The molecule has 0 aromatic heterocycles. The van der Waals surface area contributed by atoms with Crippen LogP contribution in [0.2, 0.25) is 5.02 Å². The van der Waals surface area contributed by atoms with Crippen LogP contribution in [-0.4, -0.2) is 5.91 Å². The fourth-order valence-electron chi connectivity index (χ4n) is 2.81. The molecule has 3 rings (SSSR count). The molecule has 0 aliphatic heterocycles. The summed E-state index contributed by atoms with van der Waals surface area (Å²) in [6.07, 6.45) is 2.46. The van der Waals surface area contributed by atoms with Gasteiger partial charge in [0.05, 0.1) is 0 Å². The minimum atomic E-state index is -0.455. The summed E-state index contributed by atoms with van der Waals surface area (Å²) in [5, 5.41) is 12.8. The Labute approximate surface area is 181 Å². The summed E-state index contributed by atoms with van der Waals surface area (Å²) >= 11 is 6.16. The number of nitrogens with one attached hydrogen (secondary N) is 1. The predicted molar refractivity (Wildman–Crippen MR) is 120 cm³/mol. The first kappa shape index (κ1) is 21.2. The molecule has 150 valence electrons. The highest BCUT2D eigenvalue weighted by molar-refractivity contribution is 6.31. The van der Waals surface area contributed by atoms with Crippen LogP contribution < -0.4 is 10.1 Å². The number of ether oxygens (including phenoxy) is 1. The van der Waals surface area contributed by atoms with Gasteiger partial charge in [-0.25, -0.2) is 0 Å². The van der Waals surface area contributed by atoms with Crippen LogP contribution in [0.15, 0.2) is 78.4 Å². The minimum absolute atomic E-state index is 0.0119. The summed E-state index contributed by atoms with van der Waals surface area (Å²) in [6.45, 7) is 2.39. The van der Waals surface area contributed by atoms with Crippen LogP contribution in [0.4, 0.5) is 5.69 Å². The molecule has 1 amide bonds. The smallest absolute Gasteiger partial charge is 0.266 e. The van der Waals surface area contributed by atoms with Gasteiger partial charge in [-0.1, -0.05) is 61.0 Å². The second-order valence-corrected chi connectivity index (χ2v) is 7.03. The highest BCUT2D eigenvalue weighted by atomic mass is 35.5. The van der Waals surface area contributed by atoms with E-state index in [1.54, 1.807) is 6.07 Å². The molecule has 0 spiro atoms. The number of amides is 1. The molecule has 0 aliphatic carbocycles. The Bertz CT molecular complexity index is 1100. The van der Waals surface area contributed by atoms with E-state index >= 15 is 0 Å². The Hall–Kier alpha value is -3.55. The van der Waals surface area contributed by atoms with Crippen molar-refractivity contribution >= 4 is 29.3 Å². The van der Waals surface area contributed by atoms with Crippen molar-refractivity contribution < 1.29 is 9.53 Å². The van der Waals surface area contributed by atoms with Gasteiger partial charge in [0.1, 0.15) is 24.0 Å². The van der Waals surface area contributed by atoms with E-state index in [1.807, 2.05) is 72.8 Å². The third kappa shape index (κ3) is 5.73. The molecule has 0 aliphatic rings. The Morgan fingerprint density at radius 1 is 1.10 bits per heavy atom. The minimum Gasteiger partial charge on any atom is -0.489 e. The average Bonchev–Trinajstić information content (AvgIpc) is 2.77. The first-order chi connectivity index (χ1) is 14.6. The molecule has 30 heavy (non-hydrogen) atoms. The van der Waals surface area contributed by atoms with E-state index in [0.29, 0.717) is 28.6 Å². The van der Waals surface area contributed by atoms with Gasteiger partial charge in [-0.3, -0.25) is 4.79 Å². The van der Waals surface area contributed by atoms with Gasteiger partial charge in [0, 0.05) is 16.3 Å². The van der Waals surface area contributed by atoms with E-state index in [0.717, 1.165) is 12.0 Å². The number of carbonyl (C=O) groups excluding carboxylic acids is 1. The summed E-state index contributed by atoms with van der Waals surface area (Å²) < 4.78 is 5.81. The molecule has 0 atom stereocenters. The van der Waals surface area contributed by atoms with Gasteiger partial charge in [-0.15, -0.1) is 0 Å². The largest absolute Gasteiger partial charge is 0.489 e. The molecule has 0 bridgehead atoms. The van der Waals surface area contributed by atoms with E-state index in [4.69, 9.17) is 16.3 Å². The lowest BCUT2D eigenvalue weighted by Crippen LogP contribution is -2.13. The molecule has 0 saturated heterocycles. The Morgan fingerprint density at radius 3 is 2.57 bits per heavy atom. The van der Waals surface area contributed by atoms with Crippen molar-refractivity contribution in [1.29, 1.82) is 5.26 Å². The van der Waals surface area contributed by atoms with Gasteiger partial charge in [-0.05, 0) is 54.0 Å². The van der Waals surface area contributed by atoms with Crippen LogP contribution in [0.3, 0.4) is 0 Å². The van der Waals surface area contributed by atoms with E-state index in [-0.39, 0.29) is 5.57 Å². The lowest BCUT2D eigenvalue weighted by molar-refractivity contribution is -0.112. The van der Waals surface area contributed by atoms with Crippen LogP contribution in [0, 0.1) is 11.3 Å². The summed E-state index contributed by atoms with van der Waals surface area (Å²) in [7, 11) is 0. The molecule has 0 heterocycles. The normalized spacial score (nSPS) is 10.9. The van der Waals surface area contributed by atoms with Gasteiger partial charge in [0.2, 0.25) is 0 Å². The molecule has 3 aromatic carbocycles. The molecule has 3 aromatic rings. The number of anilines is 1. The highest BCUT2D eigenvalue weighted by Crippen LogP contribution is 2.21. The molecule has 1 N–H and O–H groups in total. The number of benzene rings is 3. The molecular weight excluding hydrogens is 396 g/mol. The summed E-state index contributed by atoms with van der Waals surface area (Å²) in [5.74, 6) is 0.167. The standard InChI is InChI=1S/C25H21ClN2O2/c1-2-18-10-12-22(13-11-18)28-25(29)21(16-27)14-19-6-5-8-23(15-19)30-17-20-7-3-4-9-24(20)26/h3-15H,2,17H2,1H3,(H,28,29)/b21-14-. The van der Waals surface area contributed by atoms with E-state index < -0.39 is 5.91 Å². The van der Waals surface area contributed by atoms with Gasteiger partial charge >= 0.3 is 0 Å². The fourth-order valence-corrected chi connectivity index (χ4v) is 3.00. The number of halogens is 1. The lowest BCUT2D eigenvalue weighted by atomic mass is 10.1. The third-order valence-corrected chi connectivity index (χ3v) is 4.88. The molecule has 0 saturated carbocycles. The number of hydrogen-bond acceptors (Lipinski definition) is 3. The van der Waals surface area contributed by atoms with Crippen molar-refractivity contribution in [3.05, 3.63) is 100 Å². The van der Waals surface area contributed by atoms with Gasteiger partial charge < -0.3 is 10.1 Å². The maximum atomic E-state index is 12.5. The topological polar surface area (TPSA) is 62.1 Å². The number of carbonyl (C=O) groups is 1. The van der Waals surface area contributed by atoms with Crippen LogP contribution >= 0.6 is 11.6 Å². The van der Waals surface area contributed by atoms with Crippen LogP contribution in [0.5, 0.6) is 5.75 Å². The quantitative estimate of drug-likeness (QED) is 0.378. The molecular formula is C25H21ClN2O2. The fraction of sp³-hybridized carbons (Fsp3) is 0.120. The number of rotatable bonds is 7. The molecule has 0 fully saturated rings. The van der Waals surface area contributed by atoms with Crippen molar-refractivity contribution in [3.63, 3.8) is 0 Å². The van der Waals surface area contributed by atoms with Gasteiger partial charge in [0.25, 0.3) is 5.91 Å². The van der Waals surface area contributed by atoms with Crippen molar-refractivity contribution in [2.45, 2.75) is 20.0 Å². The maximum Gasteiger partial charge on any atom is 0.266 e. The van der Waals surface area contributed by atoms with Crippen LogP contribution in [0.25, 0.3) is 6.08 Å². The first-order valence-corrected chi connectivity index (χ1v) is 9.95. The van der Waals surface area contributed by atoms with E-state index in [2.05, 4.69) is 12.2 Å². The van der Waals surface area contributed by atoms with E-state index in [9.17, 15) is 10.1 Å². The Morgan fingerprint density at radius 2 is 1.87 bits per heavy atom. The van der Waals surface area contributed by atoms with Crippen molar-refractivity contribution in [3.8, 4) is 11.8 Å². The van der Waals surface area contributed by atoms with Crippen molar-refractivity contribution in [2.24, 2.45) is 0 Å². The molecule has 5 heteroatoms. The zero-order chi connectivity index (χ0) is 21.3. The van der Waals surface area contributed by atoms with E-state index in [1.165, 1.54) is 11.6 Å². The zero-order valence-electron chi connectivity index (χ0n) is 16.6. The number of aryl methyl sites for hydroxylation is 1. The SMILES string of the molecule is CCc1ccc(NC(=O)/C(C#N)=C\c2cccc(OCc3ccccc3Cl)c2)cc1. The van der Waals surface area contributed by atoms with Gasteiger partial charge in [0.15, 0.2) is 0 Å². The van der Waals surface area contributed by atoms with Gasteiger partial charge in [-0.2, -0.15) is 5.26 Å². The predicted octanol–water partition coefficient (Wildman–Crippen LogP) is 6.03. The first-order valence-electron chi connectivity index (χ1n) is 9.57. The lowest BCUT2D eigenvalue weighted by Gasteiger charge is -2.09. The Balaban J connectivity index is 1.70. The number of nitriles is 1. The summed E-state index contributed by atoms with van der Waals surface area (Å²) in [6, 6.07) is 24.2. The van der Waals surface area contributed by atoms with Crippen LogP contribution in [-0.2, 0) is 17.8 Å². The monoisotopic (exact) mass is 416 g/mol. The maximum absolute atomic E-state index is 12.5. The highest BCUT2D eigenvalue weighted by Gasteiger charge is 2.10. The Kier molecular flexibility index (Phi) is 7.26. The second kappa shape index (κ2) is 10.3. The summed E-state index contributed by atoms with van der Waals surface area (Å²) in [5.41, 5.74) is 3.41. The summed E-state index contributed by atoms with van der Waals surface area (Å²) in [4.78, 5) is 12.5. The molecule has 0 unspecified atom stereocenters. The second-order valence-electron chi connectivity index (χ2n) is 6.63. The van der Waals surface area contributed by atoms with Crippen molar-refractivity contribution in [1.82, 2.24) is 0 Å². The molecule has 4 nitrogen and oxygen atoms in total. The number of nitrogens with zero attached hydrogens (tertiary/aromatic N) is 1.